The molecule has 0 spiro atoms. The number of rotatable bonds is 7. The Balaban J connectivity index is 1.34. The number of nitrogens with zero attached hydrogens (tertiary/aromatic N) is 3. The number of anilines is 2. The van der Waals surface area contributed by atoms with Crippen LogP contribution in [0, 0.1) is 6.92 Å². The van der Waals surface area contributed by atoms with E-state index < -0.39 is 27.7 Å². The van der Waals surface area contributed by atoms with Crippen molar-refractivity contribution >= 4 is 33.3 Å². The number of fused-ring (bicyclic) bond motifs is 1. The Morgan fingerprint density at radius 3 is 2.42 bits per heavy atom. The summed E-state index contributed by atoms with van der Waals surface area (Å²) < 4.78 is 37.3. The summed E-state index contributed by atoms with van der Waals surface area (Å²) in [6.07, 6.45) is -0.368. The SMILES string of the molecule is Cc1c(NS(=O)(=O)c2cccc(C(=O)OC(C)C(=O)N3CCc4ccccc43)c2)c(=O)n(-c2ccccc2)n1C. The maximum absolute atomic E-state index is 13.3. The molecule has 11 heteroatoms. The summed E-state index contributed by atoms with van der Waals surface area (Å²) in [6.45, 7) is 3.60. The van der Waals surface area contributed by atoms with Crippen molar-refractivity contribution in [3.8, 4) is 5.69 Å². The highest BCUT2D eigenvalue weighted by Gasteiger charge is 2.30. The van der Waals surface area contributed by atoms with Crippen LogP contribution in [-0.4, -0.2) is 42.3 Å². The molecule has 1 atom stereocenters. The first kappa shape index (κ1) is 26.9. The molecule has 1 aliphatic rings. The van der Waals surface area contributed by atoms with Gasteiger partial charge in [0, 0.05) is 19.3 Å². The molecule has 1 N–H and O–H groups in total. The molecule has 206 valence electrons. The third kappa shape index (κ3) is 4.91. The number of hydrogen-bond donors (Lipinski definition) is 1. The minimum Gasteiger partial charge on any atom is -0.449 e. The number of ether oxygens (including phenoxy) is 1. The second-order valence-electron chi connectivity index (χ2n) is 9.49. The maximum Gasteiger partial charge on any atom is 0.338 e. The van der Waals surface area contributed by atoms with Gasteiger partial charge in [-0.2, -0.15) is 0 Å². The van der Waals surface area contributed by atoms with Crippen molar-refractivity contribution < 1.29 is 22.7 Å². The molecule has 0 fully saturated rings. The molecule has 0 saturated carbocycles. The molecular formula is C29H28N4O6S. The first-order valence-electron chi connectivity index (χ1n) is 12.7. The Hall–Kier alpha value is -4.64. The molecule has 1 aliphatic heterocycles. The summed E-state index contributed by atoms with van der Waals surface area (Å²) >= 11 is 0. The van der Waals surface area contributed by atoms with E-state index in [0.29, 0.717) is 24.3 Å². The van der Waals surface area contributed by atoms with Crippen molar-refractivity contribution in [3.63, 3.8) is 0 Å². The lowest BCUT2D eigenvalue weighted by molar-refractivity contribution is -0.126. The number of sulfonamides is 1. The second-order valence-corrected chi connectivity index (χ2v) is 11.2. The van der Waals surface area contributed by atoms with Gasteiger partial charge >= 0.3 is 5.97 Å². The molecule has 0 bridgehead atoms. The van der Waals surface area contributed by atoms with Gasteiger partial charge in [0.1, 0.15) is 5.69 Å². The Morgan fingerprint density at radius 2 is 1.68 bits per heavy atom. The molecule has 4 aromatic rings. The van der Waals surface area contributed by atoms with Crippen LogP contribution in [-0.2, 0) is 33.0 Å². The van der Waals surface area contributed by atoms with Gasteiger partial charge in [-0.1, -0.05) is 42.5 Å². The molecule has 1 amide bonds. The Morgan fingerprint density at radius 1 is 0.975 bits per heavy atom. The van der Waals surface area contributed by atoms with E-state index >= 15 is 0 Å². The second kappa shape index (κ2) is 10.5. The number of hydrogen-bond acceptors (Lipinski definition) is 6. The smallest absolute Gasteiger partial charge is 0.338 e. The van der Waals surface area contributed by atoms with Crippen molar-refractivity contribution in [2.45, 2.75) is 31.3 Å². The summed E-state index contributed by atoms with van der Waals surface area (Å²) in [6, 6.07) is 21.6. The van der Waals surface area contributed by atoms with Gasteiger partial charge in [0.25, 0.3) is 21.5 Å². The van der Waals surface area contributed by atoms with E-state index in [0.717, 1.165) is 17.3 Å². The number of amides is 1. The van der Waals surface area contributed by atoms with Crippen molar-refractivity contribution in [2.75, 3.05) is 16.2 Å². The molecule has 3 aromatic carbocycles. The van der Waals surface area contributed by atoms with Crippen LogP contribution in [0.4, 0.5) is 11.4 Å². The Bertz CT molecular complexity index is 1780. The van der Waals surface area contributed by atoms with Crippen LogP contribution in [0.25, 0.3) is 5.69 Å². The minimum absolute atomic E-state index is 0.0455. The average Bonchev–Trinajstić information content (AvgIpc) is 3.47. The summed E-state index contributed by atoms with van der Waals surface area (Å²) in [5, 5.41) is 0. The fraction of sp³-hybridized carbons (Fsp3) is 0.207. The number of carbonyl (C=O) groups excluding carboxylic acids is 2. The van der Waals surface area contributed by atoms with Crippen molar-refractivity contribution in [3.05, 3.63) is 106 Å². The standard InChI is InChI=1S/C29H28N4O6S/c1-19-26(28(35)33(31(19)3)23-12-5-4-6-13-23)30-40(37,38)24-14-9-11-22(18-24)29(36)39-20(2)27(34)32-17-16-21-10-7-8-15-25(21)32/h4-15,18,20,30H,16-17H2,1-3H3. The minimum atomic E-state index is -4.25. The zero-order valence-corrected chi connectivity index (χ0v) is 23.0. The van der Waals surface area contributed by atoms with E-state index in [1.165, 1.54) is 29.8 Å². The summed E-state index contributed by atoms with van der Waals surface area (Å²) in [5.74, 6) is -1.20. The third-order valence-corrected chi connectivity index (χ3v) is 8.30. The van der Waals surface area contributed by atoms with Gasteiger partial charge in [-0.25, -0.2) is 17.9 Å². The summed E-state index contributed by atoms with van der Waals surface area (Å²) in [7, 11) is -2.60. The van der Waals surface area contributed by atoms with E-state index in [4.69, 9.17) is 4.74 Å². The van der Waals surface area contributed by atoms with Gasteiger partial charge < -0.3 is 9.64 Å². The van der Waals surface area contributed by atoms with Gasteiger partial charge in [-0.05, 0) is 62.2 Å². The molecular weight excluding hydrogens is 532 g/mol. The summed E-state index contributed by atoms with van der Waals surface area (Å²) in [4.78, 5) is 40.4. The number of aromatic nitrogens is 2. The van der Waals surface area contributed by atoms with Crippen molar-refractivity contribution in [2.24, 2.45) is 7.05 Å². The van der Waals surface area contributed by atoms with Crippen LogP contribution >= 0.6 is 0 Å². The highest BCUT2D eigenvalue weighted by molar-refractivity contribution is 7.92. The highest BCUT2D eigenvalue weighted by Crippen LogP contribution is 2.28. The largest absolute Gasteiger partial charge is 0.449 e. The monoisotopic (exact) mass is 560 g/mol. The lowest BCUT2D eigenvalue weighted by Gasteiger charge is -2.21. The van der Waals surface area contributed by atoms with Crippen molar-refractivity contribution in [1.29, 1.82) is 0 Å². The average molecular weight is 561 g/mol. The first-order chi connectivity index (χ1) is 19.1. The number of carbonyl (C=O) groups is 2. The van der Waals surface area contributed by atoms with E-state index in [2.05, 4.69) is 4.72 Å². The van der Waals surface area contributed by atoms with E-state index in [-0.39, 0.29) is 22.1 Å². The Kier molecular flexibility index (Phi) is 7.07. The predicted molar refractivity (Wildman–Crippen MR) is 150 cm³/mol. The van der Waals surface area contributed by atoms with Crippen LogP contribution in [0.1, 0.15) is 28.5 Å². The van der Waals surface area contributed by atoms with Gasteiger partial charge in [0.05, 0.1) is 21.8 Å². The van der Waals surface area contributed by atoms with E-state index in [9.17, 15) is 22.8 Å². The van der Waals surface area contributed by atoms with Crippen LogP contribution in [0.2, 0.25) is 0 Å². The van der Waals surface area contributed by atoms with Crippen molar-refractivity contribution in [1.82, 2.24) is 9.36 Å². The fourth-order valence-electron chi connectivity index (χ4n) is 4.74. The highest BCUT2D eigenvalue weighted by atomic mass is 32.2. The normalized spacial score (nSPS) is 13.5. The lowest BCUT2D eigenvalue weighted by atomic mass is 10.2. The van der Waals surface area contributed by atoms with Gasteiger partial charge in [0.15, 0.2) is 6.10 Å². The van der Waals surface area contributed by atoms with Gasteiger partial charge in [0.2, 0.25) is 0 Å². The van der Waals surface area contributed by atoms with Gasteiger partial charge in [-0.3, -0.25) is 19.0 Å². The number of nitrogens with one attached hydrogen (secondary N) is 1. The molecule has 0 saturated heterocycles. The third-order valence-electron chi connectivity index (χ3n) is 6.96. The number of para-hydroxylation sites is 2. The maximum atomic E-state index is 13.3. The summed E-state index contributed by atoms with van der Waals surface area (Å²) in [5.41, 5.74) is 2.13. The van der Waals surface area contributed by atoms with Crippen LogP contribution in [0.15, 0.2) is 88.6 Å². The van der Waals surface area contributed by atoms with Crippen LogP contribution in [0.3, 0.4) is 0 Å². The van der Waals surface area contributed by atoms with Gasteiger partial charge in [-0.15, -0.1) is 0 Å². The van der Waals surface area contributed by atoms with E-state index in [1.54, 1.807) is 47.8 Å². The first-order valence-corrected chi connectivity index (χ1v) is 14.1. The fourth-order valence-corrected chi connectivity index (χ4v) is 5.90. The zero-order chi connectivity index (χ0) is 28.6. The van der Waals surface area contributed by atoms with Crippen LogP contribution in [0.5, 0.6) is 0 Å². The molecule has 10 nitrogen and oxygen atoms in total. The number of esters is 1. The molecule has 0 radical (unpaired) electrons. The molecule has 2 heterocycles. The number of benzene rings is 3. The molecule has 0 aliphatic carbocycles. The molecule has 1 unspecified atom stereocenters. The molecule has 5 rings (SSSR count). The topological polar surface area (TPSA) is 120 Å². The molecule has 40 heavy (non-hydrogen) atoms. The predicted octanol–water partition coefficient (Wildman–Crippen LogP) is 3.42. The van der Waals surface area contributed by atoms with Crippen LogP contribution < -0.4 is 15.2 Å². The zero-order valence-electron chi connectivity index (χ0n) is 22.2. The quantitative estimate of drug-likeness (QED) is 0.346. The Labute approximate surface area is 231 Å². The van der Waals surface area contributed by atoms with E-state index in [1.807, 2.05) is 30.3 Å². The lowest BCUT2D eigenvalue weighted by Crippen LogP contribution is -2.39. The molecule has 1 aromatic heterocycles.